The van der Waals surface area contributed by atoms with Crippen LogP contribution in [-0.2, 0) is 4.79 Å². The third-order valence-electron chi connectivity index (χ3n) is 4.57. The van der Waals surface area contributed by atoms with Crippen molar-refractivity contribution in [3.63, 3.8) is 0 Å². The molecule has 0 aliphatic heterocycles. The molecule has 0 fully saturated rings. The molecule has 3 aromatic rings. The summed E-state index contributed by atoms with van der Waals surface area (Å²) in [5, 5.41) is 11.6. The summed E-state index contributed by atoms with van der Waals surface area (Å²) in [7, 11) is 5.56. The van der Waals surface area contributed by atoms with E-state index in [1.54, 1.807) is 30.2 Å². The fourth-order valence-corrected chi connectivity index (χ4v) is 4.05. The predicted molar refractivity (Wildman–Crippen MR) is 124 cm³/mol. The highest BCUT2D eigenvalue weighted by atomic mass is 32.1. The number of amides is 1. The molecule has 3 rings (SSSR count). The molecule has 0 aliphatic carbocycles. The van der Waals surface area contributed by atoms with Gasteiger partial charge in [0.05, 0.1) is 16.7 Å². The number of aromatic nitrogens is 1. The number of rotatable bonds is 9. The molecule has 9 heteroatoms. The van der Waals surface area contributed by atoms with Gasteiger partial charge >= 0.3 is 0 Å². The molecule has 0 aliphatic rings. The maximum absolute atomic E-state index is 13.1. The zero-order chi connectivity index (χ0) is 22.4. The summed E-state index contributed by atoms with van der Waals surface area (Å²) in [6.07, 6.45) is 3.79. The second-order valence-electron chi connectivity index (χ2n) is 7.14. The van der Waals surface area contributed by atoms with Gasteiger partial charge in [0.2, 0.25) is 0 Å². The summed E-state index contributed by atoms with van der Waals surface area (Å²) < 4.78 is 6.33. The molecule has 31 heavy (non-hydrogen) atoms. The quantitative estimate of drug-likeness (QED) is 0.281. The van der Waals surface area contributed by atoms with Gasteiger partial charge in [-0.25, -0.2) is 4.98 Å². The van der Waals surface area contributed by atoms with Gasteiger partial charge in [0.1, 0.15) is 11.3 Å². The minimum absolute atomic E-state index is 0.0179. The largest absolute Gasteiger partial charge is 0.494 e. The van der Waals surface area contributed by atoms with Gasteiger partial charge in [-0.15, -0.1) is 0 Å². The number of para-hydroxylation sites is 1. The molecule has 0 saturated heterocycles. The van der Waals surface area contributed by atoms with E-state index in [0.29, 0.717) is 23.0 Å². The number of ether oxygens (including phenoxy) is 1. The molecule has 1 aromatic heterocycles. The van der Waals surface area contributed by atoms with Crippen molar-refractivity contribution in [1.29, 1.82) is 0 Å². The Morgan fingerprint density at radius 2 is 2.00 bits per heavy atom. The molecule has 1 amide bonds. The van der Waals surface area contributed by atoms with Crippen LogP contribution in [0, 0.1) is 10.1 Å². The van der Waals surface area contributed by atoms with E-state index in [9.17, 15) is 14.9 Å². The van der Waals surface area contributed by atoms with Crippen molar-refractivity contribution in [3.05, 3.63) is 64.2 Å². The highest BCUT2D eigenvalue weighted by Crippen LogP contribution is 2.34. The van der Waals surface area contributed by atoms with Crippen molar-refractivity contribution < 1.29 is 14.5 Å². The Kier molecular flexibility index (Phi) is 7.32. The van der Waals surface area contributed by atoms with Gasteiger partial charge in [0.25, 0.3) is 11.6 Å². The van der Waals surface area contributed by atoms with Crippen LogP contribution in [0.4, 0.5) is 10.8 Å². The maximum atomic E-state index is 13.1. The molecule has 0 saturated carbocycles. The first-order chi connectivity index (χ1) is 14.9. The standard InChI is InChI=1S/C22H24N4O4S/c1-24(2)13-6-14-25(22-23-21-18(30-3)9-5-10-19(21)31-22)20(27)12-11-16-7-4-8-17(15-16)26(28)29/h4-5,7-12,15H,6,13-14H2,1-3H3/b12-11+. The molecule has 162 valence electrons. The summed E-state index contributed by atoms with van der Waals surface area (Å²) in [6, 6.07) is 11.8. The van der Waals surface area contributed by atoms with Crippen LogP contribution >= 0.6 is 11.3 Å². The van der Waals surface area contributed by atoms with Gasteiger partial charge in [-0.05, 0) is 50.8 Å². The monoisotopic (exact) mass is 440 g/mol. The van der Waals surface area contributed by atoms with E-state index < -0.39 is 4.92 Å². The Morgan fingerprint density at radius 3 is 2.71 bits per heavy atom. The molecule has 2 aromatic carbocycles. The third kappa shape index (κ3) is 5.65. The number of hydrogen-bond donors (Lipinski definition) is 0. The van der Waals surface area contributed by atoms with Crippen LogP contribution in [0.2, 0.25) is 0 Å². The molecular formula is C22H24N4O4S. The number of carbonyl (C=O) groups is 1. The maximum Gasteiger partial charge on any atom is 0.270 e. The van der Waals surface area contributed by atoms with E-state index in [4.69, 9.17) is 4.74 Å². The summed E-state index contributed by atoms with van der Waals surface area (Å²) in [5.74, 6) is 0.427. The number of nitro benzene ring substituents is 1. The Balaban J connectivity index is 1.88. The number of nitro groups is 1. The summed E-state index contributed by atoms with van der Waals surface area (Å²) in [6.45, 7) is 1.32. The molecule has 1 heterocycles. The van der Waals surface area contributed by atoms with Crippen molar-refractivity contribution in [1.82, 2.24) is 9.88 Å². The number of anilines is 1. The van der Waals surface area contributed by atoms with Crippen LogP contribution in [0.15, 0.2) is 48.5 Å². The van der Waals surface area contributed by atoms with Crippen molar-refractivity contribution in [2.45, 2.75) is 6.42 Å². The van der Waals surface area contributed by atoms with E-state index in [1.807, 2.05) is 32.3 Å². The minimum atomic E-state index is -0.457. The number of non-ortho nitro benzene ring substituents is 1. The Morgan fingerprint density at radius 1 is 1.23 bits per heavy atom. The second-order valence-corrected chi connectivity index (χ2v) is 8.14. The van der Waals surface area contributed by atoms with Crippen molar-refractivity contribution >= 4 is 44.4 Å². The van der Waals surface area contributed by atoms with Crippen LogP contribution in [-0.4, -0.2) is 55.0 Å². The topological polar surface area (TPSA) is 88.8 Å². The van der Waals surface area contributed by atoms with Gasteiger partial charge in [-0.3, -0.25) is 19.8 Å². The molecule has 0 unspecified atom stereocenters. The molecule has 0 bridgehead atoms. The first-order valence-electron chi connectivity index (χ1n) is 9.71. The normalized spacial score (nSPS) is 11.4. The second kappa shape index (κ2) is 10.1. The molecule has 0 radical (unpaired) electrons. The fourth-order valence-electron chi connectivity index (χ4n) is 3.04. The van der Waals surface area contributed by atoms with Crippen molar-refractivity contribution in [2.75, 3.05) is 39.2 Å². The lowest BCUT2D eigenvalue weighted by molar-refractivity contribution is -0.384. The highest BCUT2D eigenvalue weighted by Gasteiger charge is 2.19. The van der Waals surface area contributed by atoms with Crippen LogP contribution in [0.3, 0.4) is 0 Å². The van der Waals surface area contributed by atoms with Crippen LogP contribution in [0.1, 0.15) is 12.0 Å². The molecule has 8 nitrogen and oxygen atoms in total. The lowest BCUT2D eigenvalue weighted by Crippen LogP contribution is -2.32. The van der Waals surface area contributed by atoms with E-state index in [1.165, 1.54) is 29.5 Å². The molecule has 0 N–H and O–H groups in total. The zero-order valence-corrected chi connectivity index (χ0v) is 18.5. The molecule has 0 atom stereocenters. The van der Waals surface area contributed by atoms with Gasteiger partial charge in [0, 0.05) is 24.8 Å². The molecular weight excluding hydrogens is 416 g/mol. The smallest absolute Gasteiger partial charge is 0.270 e. The number of thiazole rings is 1. The Hall–Kier alpha value is -3.30. The highest BCUT2D eigenvalue weighted by molar-refractivity contribution is 7.22. The summed E-state index contributed by atoms with van der Waals surface area (Å²) in [4.78, 5) is 31.9. The first kappa shape index (κ1) is 22.4. The summed E-state index contributed by atoms with van der Waals surface area (Å²) >= 11 is 1.43. The predicted octanol–water partition coefficient (Wildman–Crippen LogP) is 4.21. The van der Waals surface area contributed by atoms with E-state index in [-0.39, 0.29) is 11.6 Å². The average Bonchev–Trinajstić information content (AvgIpc) is 3.19. The number of hydrogen-bond acceptors (Lipinski definition) is 7. The minimum Gasteiger partial charge on any atom is -0.494 e. The first-order valence-corrected chi connectivity index (χ1v) is 10.5. The lowest BCUT2D eigenvalue weighted by atomic mass is 10.2. The van der Waals surface area contributed by atoms with E-state index in [2.05, 4.69) is 9.88 Å². The van der Waals surface area contributed by atoms with Crippen LogP contribution in [0.5, 0.6) is 5.75 Å². The van der Waals surface area contributed by atoms with E-state index >= 15 is 0 Å². The lowest BCUT2D eigenvalue weighted by Gasteiger charge is -2.19. The zero-order valence-electron chi connectivity index (χ0n) is 17.6. The van der Waals surface area contributed by atoms with Gasteiger partial charge in [-0.1, -0.05) is 29.5 Å². The van der Waals surface area contributed by atoms with Gasteiger partial charge < -0.3 is 9.64 Å². The Labute approximate surface area is 184 Å². The number of methoxy groups -OCH3 is 1. The number of benzene rings is 2. The van der Waals surface area contributed by atoms with Crippen LogP contribution in [0.25, 0.3) is 16.3 Å². The fraction of sp³-hybridized carbons (Fsp3) is 0.273. The van der Waals surface area contributed by atoms with Crippen molar-refractivity contribution in [3.8, 4) is 5.75 Å². The number of fused-ring (bicyclic) bond motifs is 1. The number of nitrogens with zero attached hydrogens (tertiary/aromatic N) is 4. The Bertz CT molecular complexity index is 1110. The van der Waals surface area contributed by atoms with E-state index in [0.717, 1.165) is 23.2 Å². The van der Waals surface area contributed by atoms with Crippen molar-refractivity contribution in [2.24, 2.45) is 0 Å². The van der Waals surface area contributed by atoms with Crippen LogP contribution < -0.4 is 9.64 Å². The third-order valence-corrected chi connectivity index (χ3v) is 5.62. The summed E-state index contributed by atoms with van der Waals surface area (Å²) in [5.41, 5.74) is 1.29. The molecule has 0 spiro atoms. The number of carbonyl (C=O) groups excluding carboxylic acids is 1. The van der Waals surface area contributed by atoms with Gasteiger partial charge in [-0.2, -0.15) is 0 Å². The SMILES string of the molecule is COc1cccc2sc(N(CCCN(C)C)C(=O)/C=C/c3cccc([N+](=O)[O-])c3)nc12. The van der Waals surface area contributed by atoms with Gasteiger partial charge in [0.15, 0.2) is 5.13 Å². The average molecular weight is 441 g/mol.